The van der Waals surface area contributed by atoms with E-state index in [4.69, 9.17) is 0 Å². The zero-order valence-corrected chi connectivity index (χ0v) is 14.9. The highest BCUT2D eigenvalue weighted by molar-refractivity contribution is 7.89. The molecule has 5 heteroatoms. The van der Waals surface area contributed by atoms with Crippen LogP contribution in [0, 0.1) is 13.8 Å². The van der Waals surface area contributed by atoms with Crippen LogP contribution in [0.25, 0.3) is 0 Å². The molecular weight excluding hydrogens is 308 g/mol. The van der Waals surface area contributed by atoms with Crippen molar-refractivity contribution in [1.29, 1.82) is 0 Å². The van der Waals surface area contributed by atoms with Crippen molar-refractivity contribution in [3.63, 3.8) is 0 Å². The number of anilines is 1. The van der Waals surface area contributed by atoms with Crippen LogP contribution in [0.15, 0.2) is 53.4 Å². The molecule has 124 valence electrons. The molecule has 23 heavy (non-hydrogen) atoms. The van der Waals surface area contributed by atoms with E-state index in [2.05, 4.69) is 9.62 Å². The fraction of sp³-hybridized carbons (Fsp3) is 0.333. The lowest BCUT2D eigenvalue weighted by Gasteiger charge is -2.27. The van der Waals surface area contributed by atoms with Crippen LogP contribution in [0.3, 0.4) is 0 Å². The molecule has 0 saturated heterocycles. The van der Waals surface area contributed by atoms with Gasteiger partial charge in [0.05, 0.1) is 4.90 Å². The Kier molecular flexibility index (Phi) is 5.44. The maximum absolute atomic E-state index is 12.4. The van der Waals surface area contributed by atoms with Crippen LogP contribution in [0.1, 0.15) is 18.1 Å². The van der Waals surface area contributed by atoms with Gasteiger partial charge in [-0.2, -0.15) is 0 Å². The standard InChI is InChI=1S/C18H24N2O2S/c1-14-10-11-18(12-15(14)2)23(21,22)19-13-16(3)20(4)17-8-6-5-7-9-17/h5-12,16,19H,13H2,1-4H3. The number of rotatable bonds is 6. The zero-order chi connectivity index (χ0) is 17.0. The fourth-order valence-electron chi connectivity index (χ4n) is 2.25. The number of hydrogen-bond donors (Lipinski definition) is 1. The molecule has 0 aliphatic heterocycles. The molecule has 0 aliphatic rings. The summed E-state index contributed by atoms with van der Waals surface area (Å²) in [5.41, 5.74) is 3.12. The molecule has 0 fully saturated rings. The summed E-state index contributed by atoms with van der Waals surface area (Å²) in [6.07, 6.45) is 0. The van der Waals surface area contributed by atoms with Crippen LogP contribution >= 0.6 is 0 Å². The molecule has 1 atom stereocenters. The number of likely N-dealkylation sites (N-methyl/N-ethyl adjacent to an activating group) is 1. The molecular formula is C18H24N2O2S. The van der Waals surface area contributed by atoms with E-state index in [1.54, 1.807) is 12.1 Å². The topological polar surface area (TPSA) is 49.4 Å². The SMILES string of the molecule is Cc1ccc(S(=O)(=O)NCC(C)N(C)c2ccccc2)cc1C. The Labute approximate surface area is 139 Å². The number of hydrogen-bond acceptors (Lipinski definition) is 3. The summed E-state index contributed by atoms with van der Waals surface area (Å²) in [6, 6.07) is 15.2. The van der Waals surface area contributed by atoms with Crippen molar-refractivity contribution in [3.8, 4) is 0 Å². The lowest BCUT2D eigenvalue weighted by molar-refractivity contribution is 0.570. The second-order valence-corrected chi connectivity index (χ2v) is 7.66. The van der Waals surface area contributed by atoms with Crippen molar-refractivity contribution in [3.05, 3.63) is 59.7 Å². The number of para-hydroxylation sites is 1. The van der Waals surface area contributed by atoms with Crippen LogP contribution in [-0.2, 0) is 10.0 Å². The molecule has 0 aliphatic carbocycles. The number of benzene rings is 2. The van der Waals surface area contributed by atoms with Crippen LogP contribution in [0.4, 0.5) is 5.69 Å². The van der Waals surface area contributed by atoms with E-state index in [0.29, 0.717) is 11.4 Å². The Balaban J connectivity index is 2.05. The van der Waals surface area contributed by atoms with Gasteiger partial charge in [-0.1, -0.05) is 24.3 Å². The number of nitrogens with one attached hydrogen (secondary N) is 1. The summed E-state index contributed by atoms with van der Waals surface area (Å²) < 4.78 is 27.6. The third kappa shape index (κ3) is 4.33. The summed E-state index contributed by atoms with van der Waals surface area (Å²) in [5.74, 6) is 0. The first-order valence-corrected chi connectivity index (χ1v) is 9.14. The normalized spacial score (nSPS) is 12.9. The van der Waals surface area contributed by atoms with Crippen molar-refractivity contribution in [2.24, 2.45) is 0 Å². The van der Waals surface area contributed by atoms with Crippen LogP contribution in [-0.4, -0.2) is 28.1 Å². The molecule has 2 aromatic carbocycles. The maximum atomic E-state index is 12.4. The van der Waals surface area contributed by atoms with Gasteiger partial charge in [0.1, 0.15) is 0 Å². The minimum Gasteiger partial charge on any atom is -0.371 e. The molecule has 0 spiro atoms. The molecule has 2 rings (SSSR count). The number of aryl methyl sites for hydroxylation is 2. The molecule has 0 heterocycles. The first kappa shape index (κ1) is 17.5. The Hall–Kier alpha value is -1.85. The molecule has 0 saturated carbocycles. The van der Waals surface area contributed by atoms with Crippen LogP contribution in [0.2, 0.25) is 0 Å². The van der Waals surface area contributed by atoms with Crippen molar-refractivity contribution in [1.82, 2.24) is 4.72 Å². The number of nitrogens with zero attached hydrogens (tertiary/aromatic N) is 1. The fourth-order valence-corrected chi connectivity index (χ4v) is 3.46. The average molecular weight is 332 g/mol. The summed E-state index contributed by atoms with van der Waals surface area (Å²) in [5, 5.41) is 0. The highest BCUT2D eigenvalue weighted by atomic mass is 32.2. The summed E-state index contributed by atoms with van der Waals surface area (Å²) in [7, 11) is -1.52. The Morgan fingerprint density at radius 1 is 1.04 bits per heavy atom. The number of sulfonamides is 1. The van der Waals surface area contributed by atoms with Crippen LogP contribution in [0.5, 0.6) is 0 Å². The summed E-state index contributed by atoms with van der Waals surface area (Å²) >= 11 is 0. The predicted molar refractivity (Wildman–Crippen MR) is 95.4 cm³/mol. The highest BCUT2D eigenvalue weighted by Crippen LogP contribution is 2.16. The van der Waals surface area contributed by atoms with E-state index in [-0.39, 0.29) is 6.04 Å². The van der Waals surface area contributed by atoms with Gasteiger partial charge in [0.2, 0.25) is 10.0 Å². The van der Waals surface area contributed by atoms with Gasteiger partial charge in [-0.3, -0.25) is 0 Å². The largest absolute Gasteiger partial charge is 0.371 e. The Bertz CT molecular complexity index is 758. The second kappa shape index (κ2) is 7.15. The van der Waals surface area contributed by atoms with Crippen molar-refractivity contribution >= 4 is 15.7 Å². The van der Waals surface area contributed by atoms with E-state index in [1.807, 2.05) is 64.2 Å². The lowest BCUT2D eigenvalue weighted by Crippen LogP contribution is -2.40. The van der Waals surface area contributed by atoms with Gasteiger partial charge in [-0.15, -0.1) is 0 Å². The quantitative estimate of drug-likeness (QED) is 0.884. The van der Waals surface area contributed by atoms with Gasteiger partial charge in [-0.25, -0.2) is 13.1 Å². The van der Waals surface area contributed by atoms with Gasteiger partial charge >= 0.3 is 0 Å². The van der Waals surface area contributed by atoms with Gasteiger partial charge in [0.15, 0.2) is 0 Å². The van der Waals surface area contributed by atoms with Crippen molar-refractivity contribution in [2.75, 3.05) is 18.5 Å². The van der Waals surface area contributed by atoms with E-state index in [0.717, 1.165) is 16.8 Å². The first-order valence-electron chi connectivity index (χ1n) is 7.66. The predicted octanol–water partition coefficient (Wildman–Crippen LogP) is 3.11. The molecule has 4 nitrogen and oxygen atoms in total. The Morgan fingerprint density at radius 3 is 2.30 bits per heavy atom. The maximum Gasteiger partial charge on any atom is 0.240 e. The van der Waals surface area contributed by atoms with E-state index >= 15 is 0 Å². The van der Waals surface area contributed by atoms with Gasteiger partial charge < -0.3 is 4.90 Å². The molecule has 2 aromatic rings. The van der Waals surface area contributed by atoms with Crippen LogP contribution < -0.4 is 9.62 Å². The van der Waals surface area contributed by atoms with E-state index in [1.165, 1.54) is 0 Å². The summed E-state index contributed by atoms with van der Waals surface area (Å²) in [4.78, 5) is 2.37. The van der Waals surface area contributed by atoms with Gasteiger partial charge in [0.25, 0.3) is 0 Å². The van der Waals surface area contributed by atoms with Crippen molar-refractivity contribution < 1.29 is 8.42 Å². The molecule has 0 bridgehead atoms. The van der Waals surface area contributed by atoms with Crippen molar-refractivity contribution in [2.45, 2.75) is 31.7 Å². The third-order valence-electron chi connectivity index (χ3n) is 4.18. The molecule has 1 unspecified atom stereocenters. The monoisotopic (exact) mass is 332 g/mol. The minimum absolute atomic E-state index is 0.0405. The van der Waals surface area contributed by atoms with Gasteiger partial charge in [0, 0.05) is 25.3 Å². The van der Waals surface area contributed by atoms with E-state index < -0.39 is 10.0 Å². The van der Waals surface area contributed by atoms with Gasteiger partial charge in [-0.05, 0) is 56.2 Å². The molecule has 0 aromatic heterocycles. The summed E-state index contributed by atoms with van der Waals surface area (Å²) in [6.45, 7) is 6.23. The lowest BCUT2D eigenvalue weighted by atomic mass is 10.1. The molecule has 0 amide bonds. The van der Waals surface area contributed by atoms with E-state index in [9.17, 15) is 8.42 Å². The smallest absolute Gasteiger partial charge is 0.240 e. The minimum atomic E-state index is -3.49. The molecule has 1 N–H and O–H groups in total. The first-order chi connectivity index (χ1) is 10.8. The Morgan fingerprint density at radius 2 is 1.70 bits per heavy atom. The second-order valence-electron chi connectivity index (χ2n) is 5.89. The average Bonchev–Trinajstić information content (AvgIpc) is 2.55. The molecule has 0 radical (unpaired) electrons. The highest BCUT2D eigenvalue weighted by Gasteiger charge is 2.17. The third-order valence-corrected chi connectivity index (χ3v) is 5.60. The zero-order valence-electron chi connectivity index (χ0n) is 14.1.